The van der Waals surface area contributed by atoms with Crippen molar-refractivity contribution in [3.8, 4) is 0 Å². The Kier molecular flexibility index (Phi) is 5.78. The molecule has 8 nitrogen and oxygen atoms in total. The number of fused-ring (bicyclic) bond motifs is 2. The number of likely N-dealkylation sites (tertiary alicyclic amines) is 1. The van der Waals surface area contributed by atoms with Gasteiger partial charge in [0.1, 0.15) is 17.5 Å². The van der Waals surface area contributed by atoms with E-state index in [2.05, 4.69) is 20.3 Å². The van der Waals surface area contributed by atoms with Crippen LogP contribution in [0.1, 0.15) is 42.0 Å². The minimum absolute atomic E-state index is 0.178. The summed E-state index contributed by atoms with van der Waals surface area (Å²) in [5.41, 5.74) is 2.42. The average molecular weight is 463 g/mol. The lowest BCUT2D eigenvalue weighted by atomic mass is 10.0. The number of hydrogen-bond acceptors (Lipinski definition) is 7. The number of anilines is 1. The Morgan fingerprint density at radius 1 is 1.18 bits per heavy atom. The minimum atomic E-state index is -0.366. The zero-order valence-corrected chi connectivity index (χ0v) is 18.8. The first-order valence-corrected chi connectivity index (χ1v) is 11.3. The van der Waals surface area contributed by atoms with Gasteiger partial charge in [-0.3, -0.25) is 9.78 Å². The Morgan fingerprint density at radius 3 is 2.82 bits per heavy atom. The van der Waals surface area contributed by atoms with Crippen molar-refractivity contribution in [2.24, 2.45) is 0 Å². The third-order valence-corrected chi connectivity index (χ3v) is 6.29. The highest BCUT2D eigenvalue weighted by molar-refractivity contribution is 6.36. The molecule has 33 heavy (non-hydrogen) atoms. The average Bonchev–Trinajstić information content (AvgIpc) is 2.84. The number of aromatic nitrogens is 4. The number of hydrogen-bond donors (Lipinski definition) is 2. The second kappa shape index (κ2) is 8.88. The lowest BCUT2D eigenvalue weighted by Crippen LogP contribution is -2.40. The second-order valence-electron chi connectivity index (χ2n) is 8.22. The standard InChI is InChI=1S/C24H23ClN6O2/c1-14(29-23-21-18(27-13-28-23)6-3-9-26-21)19-12-15-4-2-5-17(25)20(15)22(30-19)24(33)31-10-7-16(32)8-11-31/h2-6,9,12-14,16,32H,7-8,10-11H2,1H3,(H,27,28,29). The summed E-state index contributed by atoms with van der Waals surface area (Å²) in [6, 6.07) is 10.9. The SMILES string of the molecule is CC(Nc1ncnc2cccnc12)c1cc2cccc(Cl)c2c(C(=O)N2CCC(O)CC2)n1. The predicted octanol–water partition coefficient (Wildman–Crippen LogP) is 4.00. The Morgan fingerprint density at radius 2 is 2.00 bits per heavy atom. The Bertz CT molecular complexity index is 1330. The van der Waals surface area contributed by atoms with Crippen molar-refractivity contribution >= 4 is 45.1 Å². The van der Waals surface area contributed by atoms with E-state index in [4.69, 9.17) is 16.6 Å². The Labute approximate surface area is 195 Å². The van der Waals surface area contributed by atoms with E-state index in [1.54, 1.807) is 17.2 Å². The number of benzene rings is 1. The molecule has 4 aromatic rings. The van der Waals surface area contributed by atoms with E-state index in [0.717, 1.165) is 10.9 Å². The predicted molar refractivity (Wildman–Crippen MR) is 127 cm³/mol. The molecule has 5 rings (SSSR count). The zero-order chi connectivity index (χ0) is 22.9. The van der Waals surface area contributed by atoms with Crippen LogP contribution < -0.4 is 5.32 Å². The summed E-state index contributed by atoms with van der Waals surface area (Å²) in [5, 5.41) is 15.2. The lowest BCUT2D eigenvalue weighted by molar-refractivity contribution is 0.0543. The first-order valence-electron chi connectivity index (χ1n) is 10.9. The fourth-order valence-electron chi connectivity index (χ4n) is 4.16. The van der Waals surface area contributed by atoms with Gasteiger partial charge in [0.05, 0.1) is 28.4 Å². The number of aliphatic hydroxyl groups excluding tert-OH is 1. The number of aliphatic hydroxyl groups is 1. The van der Waals surface area contributed by atoms with Crippen LogP contribution in [0.5, 0.6) is 0 Å². The molecule has 1 aromatic carbocycles. The van der Waals surface area contributed by atoms with Crippen LogP contribution in [0.2, 0.25) is 5.02 Å². The number of rotatable bonds is 4. The van der Waals surface area contributed by atoms with Gasteiger partial charge < -0.3 is 15.3 Å². The molecule has 1 unspecified atom stereocenters. The number of nitrogens with zero attached hydrogens (tertiary/aromatic N) is 5. The molecule has 0 spiro atoms. The van der Waals surface area contributed by atoms with Gasteiger partial charge in [-0.15, -0.1) is 0 Å². The molecule has 2 N–H and O–H groups in total. The number of piperidine rings is 1. The molecule has 1 aliphatic heterocycles. The van der Waals surface area contributed by atoms with Gasteiger partial charge in [0, 0.05) is 24.7 Å². The van der Waals surface area contributed by atoms with Gasteiger partial charge in [-0.05, 0) is 49.4 Å². The summed E-state index contributed by atoms with van der Waals surface area (Å²) in [6.07, 6.45) is 3.94. The second-order valence-corrected chi connectivity index (χ2v) is 8.62. The van der Waals surface area contributed by atoms with Gasteiger partial charge >= 0.3 is 0 Å². The third kappa shape index (κ3) is 4.19. The highest BCUT2D eigenvalue weighted by atomic mass is 35.5. The minimum Gasteiger partial charge on any atom is -0.393 e. The van der Waals surface area contributed by atoms with E-state index in [0.29, 0.717) is 59.1 Å². The fourth-order valence-corrected chi connectivity index (χ4v) is 4.43. The van der Waals surface area contributed by atoms with Gasteiger partial charge in [-0.1, -0.05) is 23.7 Å². The molecule has 0 saturated carbocycles. The zero-order valence-electron chi connectivity index (χ0n) is 18.1. The maximum Gasteiger partial charge on any atom is 0.273 e. The van der Waals surface area contributed by atoms with Gasteiger partial charge in [-0.2, -0.15) is 0 Å². The van der Waals surface area contributed by atoms with Crippen LogP contribution >= 0.6 is 11.6 Å². The summed E-state index contributed by atoms with van der Waals surface area (Å²) in [5.74, 6) is 0.419. The van der Waals surface area contributed by atoms with Crippen molar-refractivity contribution in [1.29, 1.82) is 0 Å². The quantitative estimate of drug-likeness (QED) is 0.472. The summed E-state index contributed by atoms with van der Waals surface area (Å²) < 4.78 is 0. The number of amides is 1. The van der Waals surface area contributed by atoms with Crippen molar-refractivity contribution in [2.75, 3.05) is 18.4 Å². The maximum atomic E-state index is 13.5. The topological polar surface area (TPSA) is 104 Å². The van der Waals surface area contributed by atoms with Crippen molar-refractivity contribution in [2.45, 2.75) is 31.9 Å². The number of pyridine rings is 2. The van der Waals surface area contributed by atoms with Crippen LogP contribution in [0.15, 0.2) is 48.9 Å². The van der Waals surface area contributed by atoms with Crippen molar-refractivity contribution < 1.29 is 9.90 Å². The molecular formula is C24H23ClN6O2. The van der Waals surface area contributed by atoms with Crippen LogP contribution in [0, 0.1) is 0 Å². The summed E-state index contributed by atoms with van der Waals surface area (Å²) >= 11 is 6.50. The Balaban J connectivity index is 1.54. The molecule has 1 fully saturated rings. The number of halogens is 1. The smallest absolute Gasteiger partial charge is 0.273 e. The molecule has 0 aliphatic carbocycles. The first kappa shape index (κ1) is 21.5. The van der Waals surface area contributed by atoms with Crippen LogP contribution in [-0.2, 0) is 0 Å². The van der Waals surface area contributed by atoms with E-state index in [1.165, 1.54) is 6.33 Å². The molecule has 0 radical (unpaired) electrons. The van der Waals surface area contributed by atoms with Crippen LogP contribution in [0.4, 0.5) is 5.82 Å². The molecule has 1 saturated heterocycles. The first-order chi connectivity index (χ1) is 16.0. The molecule has 9 heteroatoms. The van der Waals surface area contributed by atoms with Gasteiger partial charge in [-0.25, -0.2) is 15.0 Å². The maximum absolute atomic E-state index is 13.5. The molecule has 1 amide bonds. The van der Waals surface area contributed by atoms with E-state index in [-0.39, 0.29) is 18.1 Å². The number of carbonyl (C=O) groups excluding carboxylic acids is 1. The fraction of sp³-hybridized carbons (Fsp3) is 0.292. The lowest BCUT2D eigenvalue weighted by Gasteiger charge is -2.30. The van der Waals surface area contributed by atoms with E-state index >= 15 is 0 Å². The third-order valence-electron chi connectivity index (χ3n) is 5.97. The number of nitrogens with one attached hydrogen (secondary N) is 1. The van der Waals surface area contributed by atoms with E-state index in [1.807, 2.05) is 37.3 Å². The summed E-state index contributed by atoms with van der Waals surface area (Å²) in [4.78, 5) is 33.0. The molecule has 3 aromatic heterocycles. The molecule has 1 atom stereocenters. The van der Waals surface area contributed by atoms with E-state index in [9.17, 15) is 9.90 Å². The van der Waals surface area contributed by atoms with Gasteiger partial charge in [0.2, 0.25) is 0 Å². The highest BCUT2D eigenvalue weighted by Crippen LogP contribution is 2.31. The largest absolute Gasteiger partial charge is 0.393 e. The van der Waals surface area contributed by atoms with Crippen LogP contribution in [-0.4, -0.2) is 55.0 Å². The Hall–Kier alpha value is -3.36. The summed E-state index contributed by atoms with van der Waals surface area (Å²) in [7, 11) is 0. The highest BCUT2D eigenvalue weighted by Gasteiger charge is 2.26. The van der Waals surface area contributed by atoms with Crippen LogP contribution in [0.25, 0.3) is 21.8 Å². The number of carbonyl (C=O) groups is 1. The van der Waals surface area contributed by atoms with Crippen LogP contribution in [0.3, 0.4) is 0 Å². The normalized spacial score (nSPS) is 15.7. The molecule has 0 bridgehead atoms. The van der Waals surface area contributed by atoms with Crippen molar-refractivity contribution in [3.05, 3.63) is 65.3 Å². The van der Waals surface area contributed by atoms with Gasteiger partial charge in [0.25, 0.3) is 5.91 Å². The molecule has 168 valence electrons. The van der Waals surface area contributed by atoms with Gasteiger partial charge in [0.15, 0.2) is 5.82 Å². The molecule has 4 heterocycles. The van der Waals surface area contributed by atoms with Crippen molar-refractivity contribution in [3.63, 3.8) is 0 Å². The van der Waals surface area contributed by atoms with E-state index < -0.39 is 0 Å². The molecule has 1 aliphatic rings. The van der Waals surface area contributed by atoms with Crippen molar-refractivity contribution in [1.82, 2.24) is 24.8 Å². The molecular weight excluding hydrogens is 440 g/mol. The summed E-state index contributed by atoms with van der Waals surface area (Å²) in [6.45, 7) is 2.94. The monoisotopic (exact) mass is 462 g/mol.